The SMILES string of the molecule is Cc1cc(C)nc(N2CCCCCC2C(=O)O)n1. The molecule has 1 fully saturated rings. The van der Waals surface area contributed by atoms with Gasteiger partial charge >= 0.3 is 5.97 Å². The highest BCUT2D eigenvalue weighted by Gasteiger charge is 2.29. The molecule has 5 heteroatoms. The van der Waals surface area contributed by atoms with Crippen molar-refractivity contribution < 1.29 is 9.90 Å². The molecular formula is C13H19N3O2. The quantitative estimate of drug-likeness (QED) is 0.867. The van der Waals surface area contributed by atoms with Crippen molar-refractivity contribution in [2.45, 2.75) is 45.6 Å². The summed E-state index contributed by atoms with van der Waals surface area (Å²) in [6.07, 6.45) is 3.70. The molecular weight excluding hydrogens is 230 g/mol. The largest absolute Gasteiger partial charge is 0.480 e. The van der Waals surface area contributed by atoms with Crippen molar-refractivity contribution in [1.29, 1.82) is 0 Å². The van der Waals surface area contributed by atoms with E-state index in [0.717, 1.165) is 37.2 Å². The number of rotatable bonds is 2. The second-order valence-electron chi connectivity index (χ2n) is 4.85. The van der Waals surface area contributed by atoms with Gasteiger partial charge in [-0.05, 0) is 32.8 Å². The number of aliphatic carboxylic acids is 1. The Morgan fingerprint density at radius 3 is 2.56 bits per heavy atom. The number of hydrogen-bond acceptors (Lipinski definition) is 4. The lowest BCUT2D eigenvalue weighted by Gasteiger charge is -2.27. The van der Waals surface area contributed by atoms with E-state index in [4.69, 9.17) is 0 Å². The van der Waals surface area contributed by atoms with Crippen molar-refractivity contribution in [3.8, 4) is 0 Å². The van der Waals surface area contributed by atoms with E-state index in [1.807, 2.05) is 24.8 Å². The molecule has 0 spiro atoms. The van der Waals surface area contributed by atoms with Crippen LogP contribution < -0.4 is 4.90 Å². The van der Waals surface area contributed by atoms with Gasteiger partial charge in [0.25, 0.3) is 0 Å². The number of aromatic nitrogens is 2. The van der Waals surface area contributed by atoms with E-state index >= 15 is 0 Å². The Kier molecular flexibility index (Phi) is 3.79. The van der Waals surface area contributed by atoms with E-state index in [-0.39, 0.29) is 0 Å². The number of carboxylic acids is 1. The maximum Gasteiger partial charge on any atom is 0.326 e. The van der Waals surface area contributed by atoms with Crippen molar-refractivity contribution in [2.24, 2.45) is 0 Å². The molecule has 2 heterocycles. The van der Waals surface area contributed by atoms with Gasteiger partial charge in [0.2, 0.25) is 5.95 Å². The van der Waals surface area contributed by atoms with E-state index < -0.39 is 12.0 Å². The molecule has 5 nitrogen and oxygen atoms in total. The van der Waals surface area contributed by atoms with Gasteiger partial charge in [-0.1, -0.05) is 12.8 Å². The van der Waals surface area contributed by atoms with Gasteiger partial charge in [-0.3, -0.25) is 0 Å². The first-order valence-corrected chi connectivity index (χ1v) is 6.39. The third-order valence-electron chi connectivity index (χ3n) is 3.27. The van der Waals surface area contributed by atoms with E-state index in [1.54, 1.807) is 0 Å². The first kappa shape index (κ1) is 12.8. The molecule has 0 bridgehead atoms. The lowest BCUT2D eigenvalue weighted by Crippen LogP contribution is -2.42. The van der Waals surface area contributed by atoms with Gasteiger partial charge in [0.15, 0.2) is 0 Å². The van der Waals surface area contributed by atoms with Crippen LogP contribution in [0.4, 0.5) is 5.95 Å². The molecule has 98 valence electrons. The fourth-order valence-corrected chi connectivity index (χ4v) is 2.44. The molecule has 0 aliphatic carbocycles. The number of hydrogen-bond donors (Lipinski definition) is 1. The van der Waals surface area contributed by atoms with Crippen LogP contribution in [-0.2, 0) is 4.79 Å². The molecule has 1 aliphatic rings. The maximum atomic E-state index is 11.4. The van der Waals surface area contributed by atoms with E-state index in [1.165, 1.54) is 0 Å². The molecule has 0 radical (unpaired) electrons. The average molecular weight is 249 g/mol. The molecule has 1 atom stereocenters. The van der Waals surface area contributed by atoms with Crippen LogP contribution in [0.25, 0.3) is 0 Å². The third kappa shape index (κ3) is 2.78. The Balaban J connectivity index is 2.34. The first-order chi connectivity index (χ1) is 8.58. The lowest BCUT2D eigenvalue weighted by atomic mass is 10.1. The molecule has 1 aliphatic heterocycles. The molecule has 2 rings (SSSR count). The number of carboxylic acid groups (broad SMARTS) is 1. The van der Waals surface area contributed by atoms with Crippen LogP contribution in [-0.4, -0.2) is 33.6 Å². The van der Waals surface area contributed by atoms with Crippen molar-refractivity contribution in [3.63, 3.8) is 0 Å². The molecule has 1 saturated heterocycles. The summed E-state index contributed by atoms with van der Waals surface area (Å²) in [7, 11) is 0. The fourth-order valence-electron chi connectivity index (χ4n) is 2.44. The minimum atomic E-state index is -0.778. The summed E-state index contributed by atoms with van der Waals surface area (Å²) in [5, 5.41) is 9.34. The Bertz CT molecular complexity index is 428. The highest BCUT2D eigenvalue weighted by atomic mass is 16.4. The molecule has 1 unspecified atom stereocenters. The summed E-state index contributed by atoms with van der Waals surface area (Å²) in [4.78, 5) is 22.0. The summed E-state index contributed by atoms with van der Waals surface area (Å²) in [6, 6.07) is 1.41. The summed E-state index contributed by atoms with van der Waals surface area (Å²) in [6.45, 7) is 4.54. The normalized spacial score (nSPS) is 20.6. The van der Waals surface area contributed by atoms with Crippen LogP contribution in [0.5, 0.6) is 0 Å². The van der Waals surface area contributed by atoms with Gasteiger partial charge in [0, 0.05) is 17.9 Å². The van der Waals surface area contributed by atoms with Crippen molar-refractivity contribution >= 4 is 11.9 Å². The van der Waals surface area contributed by atoms with Crippen molar-refractivity contribution in [2.75, 3.05) is 11.4 Å². The van der Waals surface area contributed by atoms with Gasteiger partial charge in [0.05, 0.1) is 0 Å². The summed E-state index contributed by atoms with van der Waals surface area (Å²) < 4.78 is 0. The Labute approximate surface area is 107 Å². The second-order valence-corrected chi connectivity index (χ2v) is 4.85. The minimum Gasteiger partial charge on any atom is -0.480 e. The molecule has 1 aromatic rings. The minimum absolute atomic E-state index is 0.492. The van der Waals surface area contributed by atoms with Crippen LogP contribution in [0.3, 0.4) is 0 Å². The Hall–Kier alpha value is -1.65. The van der Waals surface area contributed by atoms with Gasteiger partial charge in [-0.15, -0.1) is 0 Å². The number of anilines is 1. The van der Waals surface area contributed by atoms with Crippen LogP contribution in [0, 0.1) is 13.8 Å². The highest BCUT2D eigenvalue weighted by molar-refractivity contribution is 5.77. The van der Waals surface area contributed by atoms with Crippen molar-refractivity contribution in [1.82, 2.24) is 9.97 Å². The standard InChI is InChI=1S/C13H19N3O2/c1-9-8-10(2)15-13(14-9)16-7-5-3-4-6-11(16)12(17)18/h8,11H,3-7H2,1-2H3,(H,17,18). The molecule has 18 heavy (non-hydrogen) atoms. The molecule has 0 saturated carbocycles. The number of nitrogens with zero attached hydrogens (tertiary/aromatic N) is 3. The summed E-state index contributed by atoms with van der Waals surface area (Å²) >= 11 is 0. The van der Waals surface area contributed by atoms with Gasteiger partial charge in [0.1, 0.15) is 6.04 Å². The van der Waals surface area contributed by atoms with Crippen LogP contribution in [0.2, 0.25) is 0 Å². The Morgan fingerprint density at radius 1 is 1.28 bits per heavy atom. The lowest BCUT2D eigenvalue weighted by molar-refractivity contribution is -0.138. The number of aryl methyl sites for hydroxylation is 2. The first-order valence-electron chi connectivity index (χ1n) is 6.39. The third-order valence-corrected chi connectivity index (χ3v) is 3.27. The maximum absolute atomic E-state index is 11.4. The van der Waals surface area contributed by atoms with Gasteiger partial charge in [-0.2, -0.15) is 0 Å². The van der Waals surface area contributed by atoms with E-state index in [0.29, 0.717) is 12.4 Å². The zero-order valence-corrected chi connectivity index (χ0v) is 10.9. The zero-order valence-electron chi connectivity index (χ0n) is 10.9. The predicted octanol–water partition coefficient (Wildman–Crippen LogP) is 1.93. The summed E-state index contributed by atoms with van der Waals surface area (Å²) in [5.41, 5.74) is 1.76. The summed E-state index contributed by atoms with van der Waals surface area (Å²) in [5.74, 6) is -0.221. The smallest absolute Gasteiger partial charge is 0.326 e. The van der Waals surface area contributed by atoms with Crippen molar-refractivity contribution in [3.05, 3.63) is 17.5 Å². The topological polar surface area (TPSA) is 66.3 Å². The zero-order chi connectivity index (χ0) is 13.1. The molecule has 0 amide bonds. The van der Waals surface area contributed by atoms with Crippen LogP contribution >= 0.6 is 0 Å². The monoisotopic (exact) mass is 249 g/mol. The molecule has 0 aromatic carbocycles. The number of carbonyl (C=O) groups is 1. The molecule has 1 aromatic heterocycles. The highest BCUT2D eigenvalue weighted by Crippen LogP contribution is 2.22. The average Bonchev–Trinajstić information content (AvgIpc) is 2.52. The van der Waals surface area contributed by atoms with E-state index in [9.17, 15) is 9.90 Å². The van der Waals surface area contributed by atoms with Gasteiger partial charge in [-0.25, -0.2) is 14.8 Å². The van der Waals surface area contributed by atoms with Crippen LogP contribution in [0.15, 0.2) is 6.07 Å². The second kappa shape index (κ2) is 5.33. The Morgan fingerprint density at radius 2 is 1.94 bits per heavy atom. The van der Waals surface area contributed by atoms with E-state index in [2.05, 4.69) is 9.97 Å². The van der Waals surface area contributed by atoms with Crippen LogP contribution in [0.1, 0.15) is 37.1 Å². The van der Waals surface area contributed by atoms with Gasteiger partial charge < -0.3 is 10.0 Å². The fraction of sp³-hybridized carbons (Fsp3) is 0.615. The molecule has 1 N–H and O–H groups in total. The predicted molar refractivity (Wildman–Crippen MR) is 68.7 cm³/mol.